The molecule has 0 radical (unpaired) electrons. The Labute approximate surface area is 191 Å². The summed E-state index contributed by atoms with van der Waals surface area (Å²) in [5.74, 6) is -2.84. The van der Waals surface area contributed by atoms with Gasteiger partial charge in [-0.25, -0.2) is 22.0 Å². The van der Waals surface area contributed by atoms with Crippen molar-refractivity contribution in [2.24, 2.45) is 4.99 Å². The zero-order chi connectivity index (χ0) is 24.8. The molecule has 1 saturated heterocycles. The summed E-state index contributed by atoms with van der Waals surface area (Å²) in [6.07, 6.45) is -1.05. The molecule has 7 nitrogen and oxygen atoms in total. The van der Waals surface area contributed by atoms with Gasteiger partial charge in [-0.3, -0.25) is 0 Å². The number of phenolic OH excluding ortho intramolecular Hbond substituents is 1. The minimum atomic E-state index is -4.19. The fraction of sp³-hybridized carbons (Fsp3) is 0.391. The second-order valence-electron chi connectivity index (χ2n) is 9.36. The number of nitrogens with zero attached hydrogens (tertiary/aromatic N) is 1. The highest BCUT2D eigenvalue weighted by Gasteiger charge is 2.56. The number of aliphatic imine (C=N–C) groups is 1. The summed E-state index contributed by atoms with van der Waals surface area (Å²) in [6, 6.07) is 8.39. The van der Waals surface area contributed by atoms with Crippen molar-refractivity contribution in [3.8, 4) is 5.75 Å². The van der Waals surface area contributed by atoms with Gasteiger partial charge in [0.2, 0.25) is 0 Å². The number of phenols is 1. The molecule has 0 aliphatic carbocycles. The van der Waals surface area contributed by atoms with Gasteiger partial charge in [0.25, 0.3) is 0 Å². The zero-order valence-electron chi connectivity index (χ0n) is 18.9. The van der Waals surface area contributed by atoms with Gasteiger partial charge < -0.3 is 15.2 Å². The fourth-order valence-corrected chi connectivity index (χ4v) is 5.95. The van der Waals surface area contributed by atoms with Gasteiger partial charge in [-0.2, -0.15) is 4.99 Å². The lowest BCUT2D eigenvalue weighted by Crippen LogP contribution is -2.64. The average molecular weight is 481 g/mol. The molecular weight excluding hydrogens is 454 g/mol. The van der Waals surface area contributed by atoms with E-state index in [1.54, 1.807) is 20.8 Å². The first-order chi connectivity index (χ1) is 15.1. The Morgan fingerprint density at radius 1 is 1.15 bits per heavy atom. The first kappa shape index (κ1) is 24.6. The van der Waals surface area contributed by atoms with Crippen LogP contribution < -0.4 is 5.32 Å². The maximum absolute atomic E-state index is 14.7. The number of benzene rings is 2. The number of aromatic hydroxyl groups is 1. The van der Waals surface area contributed by atoms with Crippen LogP contribution in [0.15, 0.2) is 47.5 Å². The Bertz CT molecular complexity index is 1240. The molecule has 1 amide bonds. The van der Waals surface area contributed by atoms with Crippen LogP contribution in [0.25, 0.3) is 0 Å². The van der Waals surface area contributed by atoms with E-state index in [1.165, 1.54) is 38.1 Å². The van der Waals surface area contributed by atoms with Gasteiger partial charge >= 0.3 is 6.09 Å². The van der Waals surface area contributed by atoms with Crippen LogP contribution in [0, 0.1) is 11.6 Å². The molecule has 0 unspecified atom stereocenters. The van der Waals surface area contributed by atoms with Crippen molar-refractivity contribution < 1.29 is 31.8 Å². The van der Waals surface area contributed by atoms with Crippen LogP contribution in [-0.2, 0) is 24.9 Å². The first-order valence-corrected chi connectivity index (χ1v) is 11.8. The maximum atomic E-state index is 14.7. The Morgan fingerprint density at radius 2 is 1.82 bits per heavy atom. The average Bonchev–Trinajstić information content (AvgIpc) is 2.63. The third-order valence-electron chi connectivity index (χ3n) is 5.47. The molecule has 3 rings (SSSR count). The number of carbonyl (C=O) groups is 1. The van der Waals surface area contributed by atoms with Crippen molar-refractivity contribution in [1.29, 1.82) is 0 Å². The molecular formula is C23H26F2N2O5S. The molecule has 2 aromatic carbocycles. The molecule has 1 aliphatic heterocycles. The number of nitrogens with one attached hydrogen (secondary N) is 1. The highest BCUT2D eigenvalue weighted by molar-refractivity contribution is 7.93. The molecule has 178 valence electrons. The van der Waals surface area contributed by atoms with E-state index in [9.17, 15) is 27.1 Å². The van der Waals surface area contributed by atoms with Gasteiger partial charge in [0.1, 0.15) is 28.8 Å². The number of amides is 1. The first-order valence-electron chi connectivity index (χ1n) is 10.2. The van der Waals surface area contributed by atoms with Crippen LogP contribution >= 0.6 is 0 Å². The highest BCUT2D eigenvalue weighted by atomic mass is 32.2. The van der Waals surface area contributed by atoms with Crippen molar-refractivity contribution in [3.05, 3.63) is 65.2 Å². The van der Waals surface area contributed by atoms with Gasteiger partial charge in [0, 0.05) is 11.6 Å². The summed E-state index contributed by atoms with van der Waals surface area (Å²) in [6.45, 7) is 7.65. The molecule has 1 heterocycles. The van der Waals surface area contributed by atoms with Gasteiger partial charge in [-0.1, -0.05) is 18.2 Å². The third kappa shape index (κ3) is 4.71. The third-order valence-corrected chi connectivity index (χ3v) is 8.10. The quantitative estimate of drug-likeness (QED) is 0.669. The molecule has 1 fully saturated rings. The Hall–Kier alpha value is -3.01. The zero-order valence-corrected chi connectivity index (χ0v) is 19.8. The van der Waals surface area contributed by atoms with E-state index in [0.29, 0.717) is 6.07 Å². The van der Waals surface area contributed by atoms with Crippen molar-refractivity contribution in [3.63, 3.8) is 0 Å². The van der Waals surface area contributed by atoms with E-state index in [-0.39, 0.29) is 22.7 Å². The Morgan fingerprint density at radius 3 is 2.39 bits per heavy atom. The maximum Gasteiger partial charge on any atom is 0.435 e. The predicted octanol–water partition coefficient (Wildman–Crippen LogP) is 4.15. The highest BCUT2D eigenvalue weighted by Crippen LogP contribution is 2.42. The van der Waals surface area contributed by atoms with Gasteiger partial charge in [-0.15, -0.1) is 0 Å². The second-order valence-corrected chi connectivity index (χ2v) is 11.7. The number of ether oxygens (including phenoxy) is 1. The molecule has 0 bridgehead atoms. The van der Waals surface area contributed by atoms with E-state index in [2.05, 4.69) is 10.3 Å². The number of sulfone groups is 1. The molecule has 2 N–H and O–H groups in total. The number of amidine groups is 1. The Kier molecular flexibility index (Phi) is 6.04. The van der Waals surface area contributed by atoms with E-state index >= 15 is 0 Å². The van der Waals surface area contributed by atoms with Crippen LogP contribution in [0.3, 0.4) is 0 Å². The summed E-state index contributed by atoms with van der Waals surface area (Å²) < 4.78 is 58.9. The molecule has 2 aromatic rings. The van der Waals surface area contributed by atoms with E-state index in [1.807, 2.05) is 0 Å². The molecule has 0 spiro atoms. The number of carbonyl (C=O) groups excluding carboxylic acids is 1. The summed E-state index contributed by atoms with van der Waals surface area (Å²) in [7, 11) is -4.19. The van der Waals surface area contributed by atoms with E-state index in [0.717, 1.165) is 12.1 Å². The minimum Gasteiger partial charge on any atom is -0.508 e. The predicted molar refractivity (Wildman–Crippen MR) is 120 cm³/mol. The van der Waals surface area contributed by atoms with Crippen molar-refractivity contribution in [1.82, 2.24) is 5.32 Å². The standard InChI is InChI=1S/C23H26F2N2O5S/c1-21(2,3)32-20(29)26-19-23(5,14-7-6-8-16(28)11-14)33(30,31)13-22(4,27-19)17-10-9-15(24)12-18(17)25/h6-12,28H,13H2,1-5H3,(H,26,27,29)/t22-,23-/m0/s1. The van der Waals surface area contributed by atoms with E-state index < -0.39 is 49.2 Å². The molecule has 1 aliphatic rings. The second kappa shape index (κ2) is 8.09. The largest absolute Gasteiger partial charge is 0.508 e. The molecule has 10 heteroatoms. The molecule has 0 aromatic heterocycles. The van der Waals surface area contributed by atoms with Crippen molar-refractivity contribution in [2.45, 2.75) is 50.5 Å². The SMILES string of the molecule is CC(C)(C)OC(=O)/N=C1/N[C@](C)(c2ccc(F)cc2F)CS(=O)(=O)[C@@]1(C)c1cccc(O)c1. The van der Waals surface area contributed by atoms with Crippen LogP contribution in [0.4, 0.5) is 13.6 Å². The Balaban J connectivity index is 2.24. The summed E-state index contributed by atoms with van der Waals surface area (Å²) >= 11 is 0. The van der Waals surface area contributed by atoms with Crippen LogP contribution in [0.2, 0.25) is 0 Å². The van der Waals surface area contributed by atoms with Crippen LogP contribution in [0.5, 0.6) is 5.75 Å². The van der Waals surface area contributed by atoms with E-state index in [4.69, 9.17) is 4.74 Å². The molecule has 33 heavy (non-hydrogen) atoms. The van der Waals surface area contributed by atoms with Crippen molar-refractivity contribution in [2.75, 3.05) is 5.75 Å². The van der Waals surface area contributed by atoms with Crippen molar-refractivity contribution >= 4 is 21.8 Å². The molecule has 0 saturated carbocycles. The van der Waals surface area contributed by atoms with Crippen LogP contribution in [-0.4, -0.2) is 36.8 Å². The van der Waals surface area contributed by atoms with Gasteiger partial charge in [-0.05, 0) is 58.4 Å². The fourth-order valence-electron chi connectivity index (χ4n) is 3.80. The number of rotatable bonds is 2. The molecule has 2 atom stereocenters. The van der Waals surface area contributed by atoms with Crippen LogP contribution in [0.1, 0.15) is 45.7 Å². The minimum absolute atomic E-state index is 0.109. The summed E-state index contributed by atoms with van der Waals surface area (Å²) in [5, 5.41) is 12.9. The summed E-state index contributed by atoms with van der Waals surface area (Å²) in [5.41, 5.74) is -2.43. The normalized spacial score (nSPS) is 26.0. The summed E-state index contributed by atoms with van der Waals surface area (Å²) in [4.78, 5) is 16.5. The lowest BCUT2D eigenvalue weighted by molar-refractivity contribution is 0.0602. The van der Waals surface area contributed by atoms with Gasteiger partial charge in [0.15, 0.2) is 14.6 Å². The number of halogens is 2. The number of hydrogen-bond acceptors (Lipinski definition) is 5. The van der Waals surface area contributed by atoms with Gasteiger partial charge in [0.05, 0.1) is 11.3 Å². The topological polar surface area (TPSA) is 105 Å². The lowest BCUT2D eigenvalue weighted by Gasteiger charge is -2.45. The monoisotopic (exact) mass is 480 g/mol. The lowest BCUT2D eigenvalue weighted by atomic mass is 9.90. The smallest absolute Gasteiger partial charge is 0.435 e. The number of hydrogen-bond donors (Lipinski definition) is 2.